The smallest absolute Gasteiger partial charge is 0.472 e. The van der Waals surface area contributed by atoms with E-state index in [1.54, 1.807) is 0 Å². The van der Waals surface area contributed by atoms with E-state index in [4.69, 9.17) is 24.8 Å². The van der Waals surface area contributed by atoms with Gasteiger partial charge in [0, 0.05) is 12.8 Å². The number of carboxylic acids is 1. The van der Waals surface area contributed by atoms with Crippen molar-refractivity contribution < 1.29 is 47.5 Å². The standard InChI is InChI=1S/C34H64NO10P/c1-3-5-7-9-11-12-13-14-15-16-17-18-20-21-23-25-32(36)42-27-30(28-43-46(40,41)44-29-31(35)34(38)39)45-33(37)26-24-22-19-10-8-6-4-2/h12-13,30-31H,3-11,14-29,35H2,1-2H3,(H,38,39)(H,40,41)/b13-12+/t30-,31+/m0/s1. The Morgan fingerprint density at radius 1 is 0.652 bits per heavy atom. The average molecular weight is 678 g/mol. The van der Waals surface area contributed by atoms with Gasteiger partial charge in [-0.25, -0.2) is 4.57 Å². The van der Waals surface area contributed by atoms with Gasteiger partial charge < -0.3 is 25.2 Å². The zero-order valence-corrected chi connectivity index (χ0v) is 29.6. The van der Waals surface area contributed by atoms with Gasteiger partial charge >= 0.3 is 25.7 Å². The van der Waals surface area contributed by atoms with Crippen molar-refractivity contribution >= 4 is 25.7 Å². The van der Waals surface area contributed by atoms with E-state index in [0.29, 0.717) is 12.8 Å². The van der Waals surface area contributed by atoms with Crippen LogP contribution < -0.4 is 5.73 Å². The van der Waals surface area contributed by atoms with Gasteiger partial charge in [-0.15, -0.1) is 0 Å². The fraction of sp³-hybridized carbons (Fsp3) is 0.853. The number of esters is 2. The van der Waals surface area contributed by atoms with Crippen LogP contribution in [0, 0.1) is 0 Å². The highest BCUT2D eigenvalue weighted by Crippen LogP contribution is 2.43. The van der Waals surface area contributed by atoms with E-state index in [2.05, 4.69) is 30.5 Å². The number of rotatable bonds is 33. The Hall–Kier alpha value is -1.78. The quantitative estimate of drug-likeness (QED) is 0.0265. The van der Waals surface area contributed by atoms with Crippen molar-refractivity contribution in [3.05, 3.63) is 12.2 Å². The Balaban J connectivity index is 4.38. The van der Waals surface area contributed by atoms with Crippen molar-refractivity contribution in [2.75, 3.05) is 19.8 Å². The molecule has 0 radical (unpaired) electrons. The lowest BCUT2D eigenvalue weighted by Crippen LogP contribution is -2.34. The van der Waals surface area contributed by atoms with Gasteiger partial charge in [0.1, 0.15) is 12.6 Å². The van der Waals surface area contributed by atoms with Crippen LogP contribution in [0.15, 0.2) is 12.2 Å². The minimum atomic E-state index is -4.70. The van der Waals surface area contributed by atoms with Gasteiger partial charge in [0.05, 0.1) is 13.2 Å². The number of carbonyl (C=O) groups is 3. The van der Waals surface area contributed by atoms with Crippen LogP contribution in [-0.2, 0) is 37.5 Å². The van der Waals surface area contributed by atoms with Crippen LogP contribution >= 0.6 is 7.82 Å². The molecule has 0 aromatic carbocycles. The molecule has 0 aromatic heterocycles. The monoisotopic (exact) mass is 677 g/mol. The third kappa shape index (κ3) is 29.6. The number of phosphoric ester groups is 1. The van der Waals surface area contributed by atoms with E-state index in [1.165, 1.54) is 64.2 Å². The van der Waals surface area contributed by atoms with Gasteiger partial charge in [0.2, 0.25) is 0 Å². The van der Waals surface area contributed by atoms with Crippen molar-refractivity contribution in [1.82, 2.24) is 0 Å². The van der Waals surface area contributed by atoms with Gasteiger partial charge in [-0.05, 0) is 38.5 Å². The number of hydrogen-bond donors (Lipinski definition) is 3. The number of hydrogen-bond acceptors (Lipinski definition) is 9. The van der Waals surface area contributed by atoms with Gasteiger partial charge in [0.15, 0.2) is 6.10 Å². The maximum absolute atomic E-state index is 12.4. The molecule has 3 atom stereocenters. The molecule has 12 heteroatoms. The van der Waals surface area contributed by atoms with Crippen LogP contribution in [0.4, 0.5) is 0 Å². The maximum Gasteiger partial charge on any atom is 0.472 e. The molecule has 0 aliphatic heterocycles. The molecule has 0 amide bonds. The lowest BCUT2D eigenvalue weighted by Gasteiger charge is -2.20. The number of unbranched alkanes of at least 4 members (excludes halogenated alkanes) is 17. The van der Waals surface area contributed by atoms with Crippen molar-refractivity contribution in [1.29, 1.82) is 0 Å². The molecular weight excluding hydrogens is 613 g/mol. The molecule has 0 bridgehead atoms. The van der Waals surface area contributed by atoms with E-state index in [1.807, 2.05) is 0 Å². The summed E-state index contributed by atoms with van der Waals surface area (Å²) in [5.74, 6) is -2.39. The highest BCUT2D eigenvalue weighted by Gasteiger charge is 2.28. The second kappa shape index (κ2) is 30.5. The van der Waals surface area contributed by atoms with Crippen molar-refractivity contribution in [3.8, 4) is 0 Å². The Morgan fingerprint density at radius 2 is 1.09 bits per heavy atom. The van der Waals surface area contributed by atoms with E-state index >= 15 is 0 Å². The first-order chi connectivity index (χ1) is 22.1. The lowest BCUT2D eigenvalue weighted by molar-refractivity contribution is -0.161. The van der Waals surface area contributed by atoms with Crippen LogP contribution in [-0.4, -0.2) is 59.9 Å². The van der Waals surface area contributed by atoms with Crippen molar-refractivity contribution in [2.24, 2.45) is 5.73 Å². The summed E-state index contributed by atoms with van der Waals surface area (Å²) >= 11 is 0. The SMILES string of the molecule is CCCCCC/C=C/CCCCCCCCCC(=O)OC[C@@H](COP(=O)(O)OC[C@@H](N)C(=O)O)OC(=O)CCCCCCCCC. The number of carbonyl (C=O) groups excluding carboxylic acids is 2. The second-order valence-electron chi connectivity index (χ2n) is 12.0. The number of carboxylic acid groups (broad SMARTS) is 1. The molecule has 0 heterocycles. The number of aliphatic carboxylic acids is 1. The first-order valence-corrected chi connectivity index (χ1v) is 19.2. The predicted molar refractivity (Wildman–Crippen MR) is 180 cm³/mol. The summed E-state index contributed by atoms with van der Waals surface area (Å²) in [4.78, 5) is 45.4. The molecule has 0 saturated heterocycles. The fourth-order valence-electron chi connectivity index (χ4n) is 4.65. The third-order valence-electron chi connectivity index (χ3n) is 7.51. The maximum atomic E-state index is 12.4. The normalized spacial score (nSPS) is 14.2. The molecule has 4 N–H and O–H groups in total. The highest BCUT2D eigenvalue weighted by molar-refractivity contribution is 7.47. The minimum Gasteiger partial charge on any atom is -0.480 e. The molecule has 0 aliphatic rings. The van der Waals surface area contributed by atoms with Crippen LogP contribution in [0.2, 0.25) is 0 Å². The van der Waals surface area contributed by atoms with Crippen LogP contribution in [0.5, 0.6) is 0 Å². The van der Waals surface area contributed by atoms with Gasteiger partial charge in [-0.3, -0.25) is 23.4 Å². The number of ether oxygens (including phenoxy) is 2. The summed E-state index contributed by atoms with van der Waals surface area (Å²) in [6.45, 7) is 2.70. The highest BCUT2D eigenvalue weighted by atomic mass is 31.2. The largest absolute Gasteiger partial charge is 0.480 e. The van der Waals surface area contributed by atoms with Crippen molar-refractivity contribution in [2.45, 2.75) is 167 Å². The summed E-state index contributed by atoms with van der Waals surface area (Å²) in [7, 11) is -4.70. The lowest BCUT2D eigenvalue weighted by atomic mass is 10.1. The molecule has 0 aliphatic carbocycles. The van der Waals surface area contributed by atoms with Gasteiger partial charge in [-0.2, -0.15) is 0 Å². The van der Waals surface area contributed by atoms with E-state index in [0.717, 1.165) is 51.4 Å². The van der Waals surface area contributed by atoms with Crippen LogP contribution in [0.3, 0.4) is 0 Å². The second-order valence-corrected chi connectivity index (χ2v) is 13.5. The van der Waals surface area contributed by atoms with E-state index in [9.17, 15) is 23.8 Å². The number of allylic oxidation sites excluding steroid dienone is 2. The molecule has 0 saturated carbocycles. The van der Waals surface area contributed by atoms with Crippen LogP contribution in [0.1, 0.15) is 155 Å². The minimum absolute atomic E-state index is 0.162. The van der Waals surface area contributed by atoms with E-state index < -0.39 is 51.1 Å². The average Bonchev–Trinajstić information content (AvgIpc) is 3.02. The Bertz CT molecular complexity index is 854. The first kappa shape index (κ1) is 44.2. The molecule has 0 aromatic rings. The summed E-state index contributed by atoms with van der Waals surface area (Å²) < 4.78 is 32.4. The summed E-state index contributed by atoms with van der Waals surface area (Å²) in [5, 5.41) is 8.82. The van der Waals surface area contributed by atoms with Gasteiger partial charge in [0.25, 0.3) is 0 Å². The number of phosphoric acid groups is 1. The van der Waals surface area contributed by atoms with E-state index in [-0.39, 0.29) is 19.4 Å². The zero-order chi connectivity index (χ0) is 34.3. The molecule has 46 heavy (non-hydrogen) atoms. The first-order valence-electron chi connectivity index (χ1n) is 17.7. The molecule has 11 nitrogen and oxygen atoms in total. The van der Waals surface area contributed by atoms with Gasteiger partial charge in [-0.1, -0.05) is 116 Å². The van der Waals surface area contributed by atoms with Crippen LogP contribution in [0.25, 0.3) is 0 Å². The molecule has 270 valence electrons. The third-order valence-corrected chi connectivity index (χ3v) is 8.46. The topological polar surface area (TPSA) is 172 Å². The summed E-state index contributed by atoms with van der Waals surface area (Å²) in [6.07, 6.45) is 26.0. The Morgan fingerprint density at radius 3 is 1.61 bits per heavy atom. The molecule has 0 spiro atoms. The summed E-state index contributed by atoms with van der Waals surface area (Å²) in [5.41, 5.74) is 5.29. The molecule has 0 rings (SSSR count). The fourth-order valence-corrected chi connectivity index (χ4v) is 5.42. The zero-order valence-electron chi connectivity index (χ0n) is 28.7. The Kier molecular flexibility index (Phi) is 29.4. The molecule has 0 fully saturated rings. The molecular formula is C34H64NO10P. The molecule has 1 unspecified atom stereocenters. The van der Waals surface area contributed by atoms with Crippen molar-refractivity contribution in [3.63, 3.8) is 0 Å². The predicted octanol–water partition coefficient (Wildman–Crippen LogP) is 8.17. The summed E-state index contributed by atoms with van der Waals surface area (Å²) in [6, 6.07) is -1.52. The Labute approximate surface area is 278 Å². The number of nitrogens with two attached hydrogens (primary N) is 1.